The van der Waals surface area contributed by atoms with Gasteiger partial charge < -0.3 is 10.2 Å². The summed E-state index contributed by atoms with van der Waals surface area (Å²) in [6, 6.07) is 6.80. The Morgan fingerprint density at radius 2 is 2.04 bits per heavy atom. The van der Waals surface area contributed by atoms with Crippen molar-refractivity contribution in [3.05, 3.63) is 40.4 Å². The Morgan fingerprint density at radius 3 is 2.78 bits per heavy atom. The van der Waals surface area contributed by atoms with Crippen LogP contribution in [0.1, 0.15) is 38.3 Å². The number of hydrogen-bond acceptors (Lipinski definition) is 4. The van der Waals surface area contributed by atoms with Gasteiger partial charge >= 0.3 is 6.03 Å². The van der Waals surface area contributed by atoms with Gasteiger partial charge in [0, 0.05) is 28.7 Å². The van der Waals surface area contributed by atoms with Gasteiger partial charge in [0.2, 0.25) is 5.91 Å². The minimum absolute atomic E-state index is 0.115. The summed E-state index contributed by atoms with van der Waals surface area (Å²) in [5, 5.41) is 8.31. The third kappa shape index (κ3) is 5.43. The fraction of sp³-hybridized carbons (Fsp3) is 0.421. The highest BCUT2D eigenvalue weighted by Crippen LogP contribution is 2.22. The Kier molecular flexibility index (Phi) is 6.68. The quantitative estimate of drug-likeness (QED) is 0.750. The van der Waals surface area contributed by atoms with Crippen molar-refractivity contribution in [2.24, 2.45) is 0 Å². The van der Waals surface area contributed by atoms with E-state index in [4.69, 9.17) is 11.6 Å². The molecule has 0 aliphatic carbocycles. The van der Waals surface area contributed by atoms with E-state index in [1.54, 1.807) is 24.3 Å². The summed E-state index contributed by atoms with van der Waals surface area (Å²) >= 11 is 7.14. The molecule has 1 aliphatic rings. The molecule has 2 aromatic rings. The third-order valence-corrected chi connectivity index (χ3v) is 5.68. The number of aromatic nitrogens is 1. The molecule has 3 amide bonds. The lowest BCUT2D eigenvalue weighted by atomic mass is 9.99. The molecule has 0 bridgehead atoms. The van der Waals surface area contributed by atoms with Crippen molar-refractivity contribution in [1.82, 2.24) is 9.88 Å². The predicted octanol–water partition coefficient (Wildman–Crippen LogP) is 4.77. The molecule has 0 unspecified atom stereocenters. The minimum Gasteiger partial charge on any atom is -0.339 e. The van der Waals surface area contributed by atoms with Crippen molar-refractivity contribution >= 4 is 45.7 Å². The topological polar surface area (TPSA) is 74.3 Å². The van der Waals surface area contributed by atoms with Gasteiger partial charge in [0.05, 0.1) is 12.1 Å². The molecule has 1 aliphatic heterocycles. The lowest BCUT2D eigenvalue weighted by Gasteiger charge is -2.35. The molecule has 0 spiro atoms. The molecule has 8 heteroatoms. The van der Waals surface area contributed by atoms with Crippen molar-refractivity contribution in [2.45, 2.75) is 45.1 Å². The number of rotatable bonds is 5. The second-order valence-corrected chi connectivity index (χ2v) is 7.85. The van der Waals surface area contributed by atoms with Gasteiger partial charge in [-0.15, -0.1) is 11.3 Å². The van der Waals surface area contributed by atoms with Crippen LogP contribution < -0.4 is 10.6 Å². The standard InChI is InChI=1S/C19H23ClN4O2S/c1-2-16-5-3-4-10-24(16)17(25)11-15-12-27-19(22-15)23-18(26)21-14-8-6-13(20)7-9-14/h6-9,12,16H,2-5,10-11H2,1H3,(H2,21,22,23,26)/t16-/m0/s1. The predicted molar refractivity (Wildman–Crippen MR) is 110 cm³/mol. The van der Waals surface area contributed by atoms with Crippen LogP contribution in [0.4, 0.5) is 15.6 Å². The second-order valence-electron chi connectivity index (χ2n) is 6.55. The van der Waals surface area contributed by atoms with Gasteiger partial charge in [-0.3, -0.25) is 10.1 Å². The van der Waals surface area contributed by atoms with Gasteiger partial charge in [-0.05, 0) is 49.9 Å². The number of piperidine rings is 1. The first-order chi connectivity index (χ1) is 13.0. The van der Waals surface area contributed by atoms with E-state index < -0.39 is 0 Å². The van der Waals surface area contributed by atoms with E-state index in [0.717, 1.165) is 25.8 Å². The van der Waals surface area contributed by atoms with Crippen LogP contribution in [-0.4, -0.2) is 34.4 Å². The van der Waals surface area contributed by atoms with Crippen LogP contribution in [-0.2, 0) is 11.2 Å². The molecule has 0 saturated carbocycles. The number of likely N-dealkylation sites (tertiary alicyclic amines) is 1. The highest BCUT2D eigenvalue weighted by molar-refractivity contribution is 7.14. The normalized spacial score (nSPS) is 16.8. The SMILES string of the molecule is CC[C@H]1CCCCN1C(=O)Cc1csc(NC(=O)Nc2ccc(Cl)cc2)n1. The maximum atomic E-state index is 12.6. The molecule has 144 valence electrons. The van der Waals surface area contributed by atoms with E-state index in [2.05, 4.69) is 22.5 Å². The maximum Gasteiger partial charge on any atom is 0.325 e. The second kappa shape index (κ2) is 9.19. The van der Waals surface area contributed by atoms with Crippen molar-refractivity contribution < 1.29 is 9.59 Å². The zero-order chi connectivity index (χ0) is 19.2. The Labute approximate surface area is 167 Å². The van der Waals surface area contributed by atoms with Gasteiger partial charge in [0.25, 0.3) is 0 Å². The molecule has 1 saturated heterocycles. The smallest absolute Gasteiger partial charge is 0.325 e. The van der Waals surface area contributed by atoms with E-state index in [9.17, 15) is 9.59 Å². The number of nitrogens with one attached hydrogen (secondary N) is 2. The number of hydrogen-bond donors (Lipinski definition) is 2. The van der Waals surface area contributed by atoms with Crippen LogP contribution in [0.3, 0.4) is 0 Å². The Hall–Kier alpha value is -2.12. The zero-order valence-electron chi connectivity index (χ0n) is 15.2. The summed E-state index contributed by atoms with van der Waals surface area (Å²) in [6.45, 7) is 2.95. The lowest BCUT2D eigenvalue weighted by Crippen LogP contribution is -2.44. The van der Waals surface area contributed by atoms with Crippen molar-refractivity contribution in [1.29, 1.82) is 0 Å². The van der Waals surface area contributed by atoms with Gasteiger partial charge in [-0.2, -0.15) is 0 Å². The highest BCUT2D eigenvalue weighted by atomic mass is 35.5. The fourth-order valence-electron chi connectivity index (χ4n) is 3.25. The molecule has 3 rings (SSSR count). The molecule has 1 fully saturated rings. The maximum absolute atomic E-state index is 12.6. The van der Waals surface area contributed by atoms with Crippen LogP contribution in [0.2, 0.25) is 5.02 Å². The molecule has 1 atom stereocenters. The fourth-order valence-corrected chi connectivity index (χ4v) is 4.08. The van der Waals surface area contributed by atoms with Crippen molar-refractivity contribution in [3.63, 3.8) is 0 Å². The first-order valence-corrected chi connectivity index (χ1v) is 10.4. The number of carbonyl (C=O) groups excluding carboxylic acids is 2. The van der Waals surface area contributed by atoms with E-state index in [-0.39, 0.29) is 18.4 Å². The molecule has 27 heavy (non-hydrogen) atoms. The molecule has 6 nitrogen and oxygen atoms in total. The van der Waals surface area contributed by atoms with Crippen LogP contribution in [0, 0.1) is 0 Å². The first-order valence-electron chi connectivity index (χ1n) is 9.12. The molecule has 1 aromatic carbocycles. The number of halogens is 1. The summed E-state index contributed by atoms with van der Waals surface area (Å²) in [6.07, 6.45) is 4.59. The van der Waals surface area contributed by atoms with Crippen LogP contribution in [0.5, 0.6) is 0 Å². The average molecular weight is 407 g/mol. The lowest BCUT2D eigenvalue weighted by molar-refractivity contribution is -0.134. The van der Waals surface area contributed by atoms with Crippen molar-refractivity contribution in [2.75, 3.05) is 17.2 Å². The molecule has 2 heterocycles. The molecule has 1 aromatic heterocycles. The summed E-state index contributed by atoms with van der Waals surface area (Å²) in [4.78, 5) is 31.0. The van der Waals surface area contributed by atoms with E-state index in [1.807, 2.05) is 10.3 Å². The van der Waals surface area contributed by atoms with Gasteiger partial charge in [-0.25, -0.2) is 9.78 Å². The number of amides is 3. The summed E-state index contributed by atoms with van der Waals surface area (Å²) in [7, 11) is 0. The molecular weight excluding hydrogens is 384 g/mol. The highest BCUT2D eigenvalue weighted by Gasteiger charge is 2.25. The summed E-state index contributed by atoms with van der Waals surface area (Å²) < 4.78 is 0. The van der Waals surface area contributed by atoms with E-state index in [1.165, 1.54) is 17.8 Å². The van der Waals surface area contributed by atoms with Crippen LogP contribution >= 0.6 is 22.9 Å². The number of benzene rings is 1. The van der Waals surface area contributed by atoms with Gasteiger partial charge in [0.15, 0.2) is 5.13 Å². The average Bonchev–Trinajstić information content (AvgIpc) is 3.10. The van der Waals surface area contributed by atoms with Crippen LogP contribution in [0.25, 0.3) is 0 Å². The Morgan fingerprint density at radius 1 is 1.26 bits per heavy atom. The van der Waals surface area contributed by atoms with Gasteiger partial charge in [-0.1, -0.05) is 18.5 Å². The Bertz CT molecular complexity index is 793. The van der Waals surface area contributed by atoms with Crippen LogP contribution in [0.15, 0.2) is 29.6 Å². The first kappa shape index (κ1) is 19.6. The summed E-state index contributed by atoms with van der Waals surface area (Å²) in [5.41, 5.74) is 1.33. The largest absolute Gasteiger partial charge is 0.339 e. The zero-order valence-corrected chi connectivity index (χ0v) is 16.8. The van der Waals surface area contributed by atoms with E-state index in [0.29, 0.717) is 27.6 Å². The number of nitrogens with zero attached hydrogens (tertiary/aromatic N) is 2. The molecular formula is C19H23ClN4O2S. The van der Waals surface area contributed by atoms with Gasteiger partial charge in [0.1, 0.15) is 0 Å². The van der Waals surface area contributed by atoms with Crippen molar-refractivity contribution in [3.8, 4) is 0 Å². The summed E-state index contributed by atoms with van der Waals surface area (Å²) in [5.74, 6) is 0.115. The molecule has 0 radical (unpaired) electrons. The molecule has 2 N–H and O–H groups in total. The Balaban J connectivity index is 1.54. The number of urea groups is 1. The third-order valence-electron chi connectivity index (χ3n) is 4.63. The van der Waals surface area contributed by atoms with E-state index >= 15 is 0 Å². The number of carbonyl (C=O) groups is 2. The monoisotopic (exact) mass is 406 g/mol. The number of thiazole rings is 1. The number of anilines is 2. The minimum atomic E-state index is -0.383.